The van der Waals surface area contributed by atoms with E-state index in [-0.39, 0.29) is 6.23 Å². The van der Waals surface area contributed by atoms with Crippen molar-refractivity contribution >= 4 is 0 Å². The van der Waals surface area contributed by atoms with Gasteiger partial charge in [-0.15, -0.1) is 0 Å². The number of rotatable bonds is 1. The van der Waals surface area contributed by atoms with Gasteiger partial charge in [0.2, 0.25) is 0 Å². The summed E-state index contributed by atoms with van der Waals surface area (Å²) in [6.07, 6.45) is 1.17. The van der Waals surface area contributed by atoms with Crippen LogP contribution in [0.4, 0.5) is 0 Å². The van der Waals surface area contributed by atoms with Crippen LogP contribution in [0.3, 0.4) is 0 Å². The van der Waals surface area contributed by atoms with Crippen LogP contribution in [0.15, 0.2) is 24.3 Å². The van der Waals surface area contributed by atoms with Gasteiger partial charge < -0.3 is 4.74 Å². The van der Waals surface area contributed by atoms with E-state index in [4.69, 9.17) is 4.74 Å². The van der Waals surface area contributed by atoms with Crippen molar-refractivity contribution < 1.29 is 4.74 Å². The van der Waals surface area contributed by atoms with Gasteiger partial charge in [0.25, 0.3) is 0 Å². The maximum atomic E-state index is 5.24. The number of hydrogen-bond acceptors (Lipinski definition) is 2. The highest BCUT2D eigenvalue weighted by Crippen LogP contribution is 2.15. The minimum atomic E-state index is 0.194. The second kappa shape index (κ2) is 3.25. The molecule has 0 bridgehead atoms. The quantitative estimate of drug-likeness (QED) is 0.674. The first-order chi connectivity index (χ1) is 5.90. The second-order valence-corrected chi connectivity index (χ2v) is 3.08. The minimum absolute atomic E-state index is 0.194. The van der Waals surface area contributed by atoms with Crippen molar-refractivity contribution in [1.29, 1.82) is 0 Å². The normalized spacial score (nSPS) is 21.9. The highest BCUT2D eigenvalue weighted by atomic mass is 16.5. The Balaban J connectivity index is 2.23. The van der Waals surface area contributed by atoms with Gasteiger partial charge in [0.15, 0.2) is 0 Å². The van der Waals surface area contributed by atoms with Crippen molar-refractivity contribution in [2.24, 2.45) is 0 Å². The second-order valence-electron chi connectivity index (χ2n) is 3.08. The van der Waals surface area contributed by atoms with Gasteiger partial charge in [0.05, 0.1) is 0 Å². The Labute approximate surface area is 72.5 Å². The molecule has 0 amide bonds. The summed E-state index contributed by atoms with van der Waals surface area (Å²) in [4.78, 5) is 0. The van der Waals surface area contributed by atoms with Gasteiger partial charge in [-0.3, -0.25) is 5.32 Å². The van der Waals surface area contributed by atoms with Gasteiger partial charge in [-0.05, 0) is 11.1 Å². The standard InChI is InChI=1S/C10H13NO/c1-12-10-6-8-4-2-3-5-9(8)7-11-10/h2-5,10-11H,6-7H2,1H3. The third kappa shape index (κ3) is 1.36. The molecule has 2 heteroatoms. The maximum absolute atomic E-state index is 5.24. The molecule has 0 fully saturated rings. The lowest BCUT2D eigenvalue weighted by atomic mass is 10.0. The molecule has 0 saturated heterocycles. The Morgan fingerprint density at radius 1 is 1.33 bits per heavy atom. The Morgan fingerprint density at radius 2 is 2.08 bits per heavy atom. The fourth-order valence-corrected chi connectivity index (χ4v) is 1.59. The summed E-state index contributed by atoms with van der Waals surface area (Å²) in [6, 6.07) is 8.49. The third-order valence-corrected chi connectivity index (χ3v) is 2.33. The van der Waals surface area contributed by atoms with E-state index in [2.05, 4.69) is 29.6 Å². The molecule has 12 heavy (non-hydrogen) atoms. The van der Waals surface area contributed by atoms with E-state index < -0.39 is 0 Å². The van der Waals surface area contributed by atoms with Crippen molar-refractivity contribution in [3.63, 3.8) is 0 Å². The van der Waals surface area contributed by atoms with Gasteiger partial charge in [-0.1, -0.05) is 24.3 Å². The summed E-state index contributed by atoms with van der Waals surface area (Å²) in [5, 5.41) is 3.30. The molecule has 2 rings (SSSR count). The number of nitrogens with one attached hydrogen (secondary N) is 1. The van der Waals surface area contributed by atoms with Crippen LogP contribution in [-0.4, -0.2) is 13.3 Å². The van der Waals surface area contributed by atoms with E-state index in [0.717, 1.165) is 13.0 Å². The van der Waals surface area contributed by atoms with Crippen LogP contribution in [0, 0.1) is 0 Å². The zero-order valence-corrected chi connectivity index (χ0v) is 7.21. The predicted octanol–water partition coefficient (Wildman–Crippen LogP) is 1.30. The monoisotopic (exact) mass is 163 g/mol. The molecule has 0 saturated carbocycles. The topological polar surface area (TPSA) is 21.3 Å². The van der Waals surface area contributed by atoms with Gasteiger partial charge in [0.1, 0.15) is 6.23 Å². The summed E-state index contributed by atoms with van der Waals surface area (Å²) in [6.45, 7) is 0.925. The summed E-state index contributed by atoms with van der Waals surface area (Å²) in [5.41, 5.74) is 2.80. The first-order valence-corrected chi connectivity index (χ1v) is 4.23. The zero-order chi connectivity index (χ0) is 8.39. The fourth-order valence-electron chi connectivity index (χ4n) is 1.59. The maximum Gasteiger partial charge on any atom is 0.112 e. The van der Waals surface area contributed by atoms with E-state index in [1.807, 2.05) is 0 Å². The molecule has 1 heterocycles. The molecule has 0 aliphatic carbocycles. The van der Waals surface area contributed by atoms with Crippen LogP contribution < -0.4 is 5.32 Å². The van der Waals surface area contributed by atoms with Crippen molar-refractivity contribution in [1.82, 2.24) is 5.32 Å². The van der Waals surface area contributed by atoms with Crippen LogP contribution in [0.1, 0.15) is 11.1 Å². The third-order valence-electron chi connectivity index (χ3n) is 2.33. The lowest BCUT2D eigenvalue weighted by Crippen LogP contribution is -2.36. The average molecular weight is 163 g/mol. The predicted molar refractivity (Wildman–Crippen MR) is 47.8 cm³/mol. The Bertz CT molecular complexity index is 272. The van der Waals surface area contributed by atoms with Crippen molar-refractivity contribution in [3.05, 3.63) is 35.4 Å². The van der Waals surface area contributed by atoms with E-state index in [9.17, 15) is 0 Å². The molecule has 1 aromatic rings. The van der Waals surface area contributed by atoms with Gasteiger partial charge >= 0.3 is 0 Å². The molecule has 1 unspecified atom stereocenters. The molecule has 1 aliphatic rings. The summed E-state index contributed by atoms with van der Waals surface area (Å²) >= 11 is 0. The summed E-state index contributed by atoms with van der Waals surface area (Å²) in [7, 11) is 1.74. The molecular weight excluding hydrogens is 150 g/mol. The molecule has 1 atom stereocenters. The zero-order valence-electron chi connectivity index (χ0n) is 7.21. The SMILES string of the molecule is COC1Cc2ccccc2CN1. The van der Waals surface area contributed by atoms with Crippen LogP contribution in [0.5, 0.6) is 0 Å². The highest BCUT2D eigenvalue weighted by Gasteiger charge is 2.15. The first kappa shape index (κ1) is 7.77. The number of fused-ring (bicyclic) bond motifs is 1. The lowest BCUT2D eigenvalue weighted by Gasteiger charge is -2.24. The molecule has 0 aromatic heterocycles. The Kier molecular flexibility index (Phi) is 2.11. The van der Waals surface area contributed by atoms with E-state index in [1.54, 1.807) is 7.11 Å². The Morgan fingerprint density at radius 3 is 2.83 bits per heavy atom. The molecule has 1 aliphatic heterocycles. The smallest absolute Gasteiger partial charge is 0.112 e. The fraction of sp³-hybridized carbons (Fsp3) is 0.400. The lowest BCUT2D eigenvalue weighted by molar-refractivity contribution is 0.0672. The number of methoxy groups -OCH3 is 1. The molecule has 0 spiro atoms. The van der Waals surface area contributed by atoms with Gasteiger partial charge in [-0.25, -0.2) is 0 Å². The average Bonchev–Trinajstić information content (AvgIpc) is 2.17. The largest absolute Gasteiger partial charge is 0.366 e. The van der Waals surface area contributed by atoms with Crippen LogP contribution >= 0.6 is 0 Å². The van der Waals surface area contributed by atoms with Crippen molar-refractivity contribution in [2.45, 2.75) is 19.2 Å². The van der Waals surface area contributed by atoms with Gasteiger partial charge in [0, 0.05) is 20.1 Å². The first-order valence-electron chi connectivity index (χ1n) is 4.23. The van der Waals surface area contributed by atoms with E-state index >= 15 is 0 Å². The molecule has 1 N–H and O–H groups in total. The van der Waals surface area contributed by atoms with Crippen LogP contribution in [0.25, 0.3) is 0 Å². The molecule has 64 valence electrons. The van der Waals surface area contributed by atoms with E-state index in [0.29, 0.717) is 0 Å². The van der Waals surface area contributed by atoms with Gasteiger partial charge in [-0.2, -0.15) is 0 Å². The molecule has 1 aromatic carbocycles. The van der Waals surface area contributed by atoms with Crippen LogP contribution in [-0.2, 0) is 17.7 Å². The summed E-state index contributed by atoms with van der Waals surface area (Å²) in [5.74, 6) is 0. The molecule has 0 radical (unpaired) electrons. The number of benzene rings is 1. The minimum Gasteiger partial charge on any atom is -0.366 e. The molecular formula is C10H13NO. The highest BCUT2D eigenvalue weighted by molar-refractivity contribution is 5.29. The number of hydrogen-bond donors (Lipinski definition) is 1. The number of ether oxygens (including phenoxy) is 1. The summed E-state index contributed by atoms with van der Waals surface area (Å²) < 4.78 is 5.24. The van der Waals surface area contributed by atoms with Crippen LogP contribution in [0.2, 0.25) is 0 Å². The molecule has 2 nitrogen and oxygen atoms in total. The van der Waals surface area contributed by atoms with Crippen molar-refractivity contribution in [3.8, 4) is 0 Å². The Hall–Kier alpha value is -0.860. The van der Waals surface area contributed by atoms with E-state index in [1.165, 1.54) is 11.1 Å². The van der Waals surface area contributed by atoms with Crippen molar-refractivity contribution in [2.75, 3.05) is 7.11 Å².